The number of hydrogen-bond donors (Lipinski definition) is 1. The maximum atomic E-state index is 12.6. The maximum Gasteiger partial charge on any atom is 0.253 e. The predicted octanol–water partition coefficient (Wildman–Crippen LogP) is 4.03. The quantitative estimate of drug-likeness (QED) is 0.664. The Morgan fingerprint density at radius 2 is 2.11 bits per heavy atom. The number of nitrogens with one attached hydrogen (secondary N) is 1. The molecule has 0 spiro atoms. The van der Waals surface area contributed by atoms with Crippen molar-refractivity contribution < 1.29 is 14.3 Å². The SMILES string of the molecule is Cc1cc(C(=O)NCCCOCC2CCCO2)c(C)n1C(C)c1ccccc1. The first kappa shape index (κ1) is 20.6. The van der Waals surface area contributed by atoms with Crippen molar-refractivity contribution in [3.05, 3.63) is 58.9 Å². The standard InChI is InChI=1S/C23H32N2O3/c1-17-15-22(19(3)25(17)18(2)20-9-5-4-6-10-20)23(26)24-12-8-13-27-16-21-11-7-14-28-21/h4-6,9-10,15,18,21H,7-8,11-14,16H2,1-3H3,(H,24,26). The fraction of sp³-hybridized carbons (Fsp3) is 0.522. The van der Waals surface area contributed by atoms with Crippen LogP contribution in [0.4, 0.5) is 0 Å². The van der Waals surface area contributed by atoms with Gasteiger partial charge in [-0.25, -0.2) is 0 Å². The van der Waals surface area contributed by atoms with Gasteiger partial charge in [0.15, 0.2) is 0 Å². The highest BCUT2D eigenvalue weighted by Gasteiger charge is 2.19. The van der Waals surface area contributed by atoms with Crippen LogP contribution in [-0.4, -0.2) is 42.9 Å². The van der Waals surface area contributed by atoms with Crippen LogP contribution in [-0.2, 0) is 9.47 Å². The molecule has 0 saturated carbocycles. The van der Waals surface area contributed by atoms with Gasteiger partial charge in [0.25, 0.3) is 5.91 Å². The van der Waals surface area contributed by atoms with Gasteiger partial charge >= 0.3 is 0 Å². The van der Waals surface area contributed by atoms with Crippen LogP contribution >= 0.6 is 0 Å². The van der Waals surface area contributed by atoms with E-state index in [1.165, 1.54) is 5.56 Å². The smallest absolute Gasteiger partial charge is 0.253 e. The molecule has 3 rings (SSSR count). The van der Waals surface area contributed by atoms with E-state index in [1.54, 1.807) is 0 Å². The minimum absolute atomic E-state index is 0.0151. The lowest BCUT2D eigenvalue weighted by Gasteiger charge is -2.19. The Morgan fingerprint density at radius 3 is 2.82 bits per heavy atom. The topological polar surface area (TPSA) is 52.5 Å². The number of hydrogen-bond acceptors (Lipinski definition) is 3. The first-order valence-electron chi connectivity index (χ1n) is 10.3. The number of aromatic nitrogens is 1. The monoisotopic (exact) mass is 384 g/mol. The maximum absolute atomic E-state index is 12.6. The highest BCUT2D eigenvalue weighted by atomic mass is 16.5. The third-order valence-electron chi connectivity index (χ3n) is 5.48. The van der Waals surface area contributed by atoms with Gasteiger partial charge in [0, 0.05) is 31.1 Å². The summed E-state index contributed by atoms with van der Waals surface area (Å²) in [5.41, 5.74) is 4.08. The molecule has 152 valence electrons. The van der Waals surface area contributed by atoms with Gasteiger partial charge < -0.3 is 19.4 Å². The van der Waals surface area contributed by atoms with Gasteiger partial charge in [-0.15, -0.1) is 0 Å². The van der Waals surface area contributed by atoms with Gasteiger partial charge in [-0.3, -0.25) is 4.79 Å². The summed E-state index contributed by atoms with van der Waals surface area (Å²) in [5, 5.41) is 3.02. The van der Waals surface area contributed by atoms with Crippen LogP contribution in [0.5, 0.6) is 0 Å². The third kappa shape index (κ3) is 5.03. The van der Waals surface area contributed by atoms with Gasteiger partial charge in [0.1, 0.15) is 0 Å². The molecule has 5 nitrogen and oxygen atoms in total. The van der Waals surface area contributed by atoms with E-state index in [9.17, 15) is 4.79 Å². The highest BCUT2D eigenvalue weighted by Crippen LogP contribution is 2.25. The van der Waals surface area contributed by atoms with Gasteiger partial charge in [-0.2, -0.15) is 0 Å². The lowest BCUT2D eigenvalue weighted by molar-refractivity contribution is 0.0166. The number of nitrogens with zero attached hydrogens (tertiary/aromatic N) is 1. The molecule has 1 saturated heterocycles. The fourth-order valence-corrected chi connectivity index (χ4v) is 3.95. The molecular weight excluding hydrogens is 352 g/mol. The number of benzene rings is 1. The van der Waals surface area contributed by atoms with Gasteiger partial charge in [0.2, 0.25) is 0 Å². The summed E-state index contributed by atoms with van der Waals surface area (Å²) < 4.78 is 13.4. The van der Waals surface area contributed by atoms with Crippen molar-refractivity contribution in [1.82, 2.24) is 9.88 Å². The molecule has 0 aliphatic carbocycles. The molecule has 5 heteroatoms. The van der Waals surface area contributed by atoms with Crippen LogP contribution < -0.4 is 5.32 Å². The molecular formula is C23H32N2O3. The van der Waals surface area contributed by atoms with Crippen molar-refractivity contribution >= 4 is 5.91 Å². The van der Waals surface area contributed by atoms with Crippen molar-refractivity contribution in [3.8, 4) is 0 Å². The van der Waals surface area contributed by atoms with Gasteiger partial charge in [-0.1, -0.05) is 30.3 Å². The van der Waals surface area contributed by atoms with E-state index in [0.29, 0.717) is 19.8 Å². The van der Waals surface area contributed by atoms with Crippen molar-refractivity contribution in [2.24, 2.45) is 0 Å². The molecule has 1 fully saturated rings. The molecule has 1 aliphatic rings. The molecule has 1 aromatic carbocycles. The van der Waals surface area contributed by atoms with E-state index >= 15 is 0 Å². The summed E-state index contributed by atoms with van der Waals surface area (Å²) in [6, 6.07) is 12.5. The van der Waals surface area contributed by atoms with E-state index < -0.39 is 0 Å². The number of carbonyl (C=O) groups is 1. The van der Waals surface area contributed by atoms with E-state index in [4.69, 9.17) is 9.47 Å². The second-order valence-electron chi connectivity index (χ2n) is 7.56. The van der Waals surface area contributed by atoms with Crippen LogP contribution in [0.3, 0.4) is 0 Å². The first-order chi connectivity index (χ1) is 13.6. The molecule has 1 N–H and O–H groups in total. The average molecular weight is 385 g/mol. The van der Waals surface area contributed by atoms with Crippen LogP contribution in [0.25, 0.3) is 0 Å². The summed E-state index contributed by atoms with van der Waals surface area (Å²) in [5.74, 6) is -0.0151. The van der Waals surface area contributed by atoms with Crippen LogP contribution in [0.1, 0.15) is 59.5 Å². The molecule has 2 unspecified atom stereocenters. The lowest BCUT2D eigenvalue weighted by atomic mass is 10.1. The van der Waals surface area contributed by atoms with E-state index in [1.807, 2.05) is 19.1 Å². The largest absolute Gasteiger partial charge is 0.379 e. The predicted molar refractivity (Wildman–Crippen MR) is 111 cm³/mol. The molecule has 2 heterocycles. The molecule has 2 aromatic rings. The summed E-state index contributed by atoms with van der Waals surface area (Å²) in [7, 11) is 0. The first-order valence-corrected chi connectivity index (χ1v) is 10.3. The van der Waals surface area contributed by atoms with Crippen molar-refractivity contribution in [3.63, 3.8) is 0 Å². The number of amides is 1. The number of carbonyl (C=O) groups excluding carboxylic acids is 1. The van der Waals surface area contributed by atoms with E-state index in [-0.39, 0.29) is 18.1 Å². The Morgan fingerprint density at radius 1 is 1.32 bits per heavy atom. The normalized spacial score (nSPS) is 17.6. The summed E-state index contributed by atoms with van der Waals surface area (Å²) in [4.78, 5) is 12.6. The Labute approximate surface area is 168 Å². The average Bonchev–Trinajstić information content (AvgIpc) is 3.32. The molecule has 0 radical (unpaired) electrons. The third-order valence-corrected chi connectivity index (χ3v) is 5.48. The zero-order valence-electron chi connectivity index (χ0n) is 17.2. The Hall–Kier alpha value is -2.11. The van der Waals surface area contributed by atoms with Crippen LogP contribution in [0, 0.1) is 13.8 Å². The zero-order valence-corrected chi connectivity index (χ0v) is 17.2. The van der Waals surface area contributed by atoms with E-state index in [2.05, 4.69) is 48.0 Å². The second kappa shape index (κ2) is 9.89. The Kier molecular flexibility index (Phi) is 7.29. The summed E-state index contributed by atoms with van der Waals surface area (Å²) in [6.45, 7) is 9.01. The highest BCUT2D eigenvalue weighted by molar-refractivity contribution is 5.95. The Balaban J connectivity index is 1.50. The zero-order chi connectivity index (χ0) is 19.9. The van der Waals surface area contributed by atoms with Gasteiger partial charge in [0.05, 0.1) is 24.3 Å². The molecule has 1 aliphatic heterocycles. The number of ether oxygens (including phenoxy) is 2. The molecule has 1 amide bonds. The minimum atomic E-state index is -0.0151. The molecule has 28 heavy (non-hydrogen) atoms. The number of rotatable bonds is 9. The van der Waals surface area contributed by atoms with Crippen LogP contribution in [0.15, 0.2) is 36.4 Å². The molecule has 0 bridgehead atoms. The second-order valence-corrected chi connectivity index (χ2v) is 7.56. The Bertz CT molecular complexity index is 764. The molecule has 1 aromatic heterocycles. The lowest BCUT2D eigenvalue weighted by Crippen LogP contribution is -2.26. The summed E-state index contributed by atoms with van der Waals surface area (Å²) in [6.07, 6.45) is 3.28. The minimum Gasteiger partial charge on any atom is -0.379 e. The van der Waals surface area contributed by atoms with Gasteiger partial charge in [-0.05, 0) is 51.7 Å². The number of aryl methyl sites for hydroxylation is 1. The van der Waals surface area contributed by atoms with Crippen molar-refractivity contribution in [1.29, 1.82) is 0 Å². The van der Waals surface area contributed by atoms with Crippen LogP contribution in [0.2, 0.25) is 0 Å². The molecule has 2 atom stereocenters. The van der Waals surface area contributed by atoms with Crippen molar-refractivity contribution in [2.75, 3.05) is 26.4 Å². The van der Waals surface area contributed by atoms with E-state index in [0.717, 1.165) is 42.8 Å². The summed E-state index contributed by atoms with van der Waals surface area (Å²) >= 11 is 0. The van der Waals surface area contributed by atoms with Crippen molar-refractivity contribution in [2.45, 2.75) is 52.2 Å². The fourth-order valence-electron chi connectivity index (χ4n) is 3.95.